The first kappa shape index (κ1) is 14.4. The van der Waals surface area contributed by atoms with Crippen molar-refractivity contribution in [2.75, 3.05) is 50.8 Å². The average molecular weight is 285 g/mol. The smallest absolute Gasteiger partial charge is 0.0991 e. The van der Waals surface area contributed by atoms with Gasteiger partial charge in [-0.1, -0.05) is 0 Å². The normalized spacial score (nSPS) is 23.8. The van der Waals surface area contributed by atoms with Crippen LogP contribution in [-0.2, 0) is 4.74 Å². The zero-order valence-electron chi connectivity index (χ0n) is 12.5. The lowest BCUT2D eigenvalue weighted by Crippen LogP contribution is -2.44. The molecule has 0 amide bonds. The highest BCUT2D eigenvalue weighted by atomic mass is 16.5. The Morgan fingerprint density at radius 2 is 1.90 bits per heavy atom. The second-order valence-corrected chi connectivity index (χ2v) is 6.03. The fraction of sp³-hybridized carbons (Fsp3) is 0.588. The van der Waals surface area contributed by atoms with Crippen LogP contribution in [0.2, 0.25) is 0 Å². The average Bonchev–Trinajstić information content (AvgIpc) is 2.56. The summed E-state index contributed by atoms with van der Waals surface area (Å²) in [5, 5.41) is 8.88. The molecule has 0 aliphatic carbocycles. The van der Waals surface area contributed by atoms with Gasteiger partial charge in [0.15, 0.2) is 0 Å². The van der Waals surface area contributed by atoms with Crippen LogP contribution in [0.25, 0.3) is 0 Å². The van der Waals surface area contributed by atoms with Crippen LogP contribution >= 0.6 is 0 Å². The summed E-state index contributed by atoms with van der Waals surface area (Å²) in [7, 11) is 0. The molecule has 3 rings (SSSR count). The maximum Gasteiger partial charge on any atom is 0.0991 e. The van der Waals surface area contributed by atoms with Gasteiger partial charge in [-0.3, -0.25) is 4.90 Å². The number of morpholine rings is 1. The number of rotatable bonds is 3. The van der Waals surface area contributed by atoms with Gasteiger partial charge < -0.3 is 9.64 Å². The first-order valence-corrected chi connectivity index (χ1v) is 7.90. The van der Waals surface area contributed by atoms with E-state index in [4.69, 9.17) is 10.00 Å². The third-order valence-electron chi connectivity index (χ3n) is 4.50. The van der Waals surface area contributed by atoms with E-state index >= 15 is 0 Å². The number of nitrogens with zero attached hydrogens (tertiary/aromatic N) is 3. The predicted octanol–water partition coefficient (Wildman–Crippen LogP) is 2.11. The zero-order valence-corrected chi connectivity index (χ0v) is 12.5. The molecular weight excluding hydrogens is 262 g/mol. The SMILES string of the molecule is N#Cc1ccc(N2CCCC(CN3CCOCC3)C2)cc1. The summed E-state index contributed by atoms with van der Waals surface area (Å²) in [4.78, 5) is 5.01. The summed E-state index contributed by atoms with van der Waals surface area (Å²) >= 11 is 0. The molecule has 0 spiro atoms. The van der Waals surface area contributed by atoms with Crippen molar-refractivity contribution in [1.82, 2.24) is 4.90 Å². The Morgan fingerprint density at radius 1 is 1.14 bits per heavy atom. The summed E-state index contributed by atoms with van der Waals surface area (Å²) in [6, 6.07) is 10.2. The first-order valence-electron chi connectivity index (χ1n) is 7.90. The third-order valence-corrected chi connectivity index (χ3v) is 4.50. The molecule has 1 aromatic carbocycles. The molecule has 2 saturated heterocycles. The van der Waals surface area contributed by atoms with Crippen molar-refractivity contribution in [2.45, 2.75) is 12.8 Å². The first-order chi connectivity index (χ1) is 10.3. The number of hydrogen-bond acceptors (Lipinski definition) is 4. The highest BCUT2D eigenvalue weighted by Crippen LogP contribution is 2.24. The van der Waals surface area contributed by atoms with Crippen LogP contribution in [0.1, 0.15) is 18.4 Å². The molecule has 0 N–H and O–H groups in total. The topological polar surface area (TPSA) is 39.5 Å². The molecule has 2 fully saturated rings. The Bertz CT molecular complexity index is 488. The van der Waals surface area contributed by atoms with E-state index in [9.17, 15) is 0 Å². The van der Waals surface area contributed by atoms with Crippen molar-refractivity contribution >= 4 is 5.69 Å². The minimum Gasteiger partial charge on any atom is -0.379 e. The Labute approximate surface area is 126 Å². The van der Waals surface area contributed by atoms with Crippen LogP contribution in [0.5, 0.6) is 0 Å². The fourth-order valence-corrected chi connectivity index (χ4v) is 3.34. The molecule has 2 aliphatic heterocycles. The van der Waals surface area contributed by atoms with E-state index in [1.54, 1.807) is 0 Å². The van der Waals surface area contributed by atoms with Crippen molar-refractivity contribution in [2.24, 2.45) is 5.92 Å². The lowest BCUT2D eigenvalue weighted by Gasteiger charge is -2.37. The molecule has 1 aromatic rings. The van der Waals surface area contributed by atoms with Gasteiger partial charge in [-0.15, -0.1) is 0 Å². The quantitative estimate of drug-likeness (QED) is 0.852. The van der Waals surface area contributed by atoms with Crippen LogP contribution in [0.15, 0.2) is 24.3 Å². The van der Waals surface area contributed by atoms with Crippen molar-refractivity contribution in [3.05, 3.63) is 29.8 Å². The van der Waals surface area contributed by atoms with E-state index in [-0.39, 0.29) is 0 Å². The summed E-state index contributed by atoms with van der Waals surface area (Å²) < 4.78 is 5.42. The van der Waals surface area contributed by atoms with Gasteiger partial charge in [0.25, 0.3) is 0 Å². The molecule has 1 unspecified atom stereocenters. The molecule has 0 saturated carbocycles. The molecule has 112 valence electrons. The molecule has 1 atom stereocenters. The van der Waals surface area contributed by atoms with Crippen LogP contribution in [0.4, 0.5) is 5.69 Å². The van der Waals surface area contributed by atoms with E-state index in [0.29, 0.717) is 0 Å². The summed E-state index contributed by atoms with van der Waals surface area (Å²) in [6.07, 6.45) is 2.58. The standard InChI is InChI=1S/C17H23N3O/c18-12-15-3-5-17(6-4-15)20-7-1-2-16(14-20)13-19-8-10-21-11-9-19/h3-6,16H,1-2,7-11,13-14H2. The minimum atomic E-state index is 0.737. The summed E-state index contributed by atoms with van der Waals surface area (Å²) in [5.41, 5.74) is 1.99. The van der Waals surface area contributed by atoms with Crippen molar-refractivity contribution in [3.63, 3.8) is 0 Å². The summed E-state index contributed by atoms with van der Waals surface area (Å²) in [5.74, 6) is 0.743. The van der Waals surface area contributed by atoms with Gasteiger partial charge >= 0.3 is 0 Å². The molecule has 2 heterocycles. The van der Waals surface area contributed by atoms with Crippen LogP contribution in [0, 0.1) is 17.2 Å². The van der Waals surface area contributed by atoms with Gasteiger partial charge in [0.1, 0.15) is 0 Å². The number of ether oxygens (including phenoxy) is 1. The molecule has 0 radical (unpaired) electrons. The van der Waals surface area contributed by atoms with Gasteiger partial charge in [-0.25, -0.2) is 0 Å². The van der Waals surface area contributed by atoms with E-state index in [1.807, 2.05) is 12.1 Å². The monoisotopic (exact) mass is 285 g/mol. The number of anilines is 1. The lowest BCUT2D eigenvalue weighted by atomic mass is 9.96. The third kappa shape index (κ3) is 3.75. The van der Waals surface area contributed by atoms with Gasteiger partial charge in [0.2, 0.25) is 0 Å². The number of hydrogen-bond donors (Lipinski definition) is 0. The number of benzene rings is 1. The largest absolute Gasteiger partial charge is 0.379 e. The Balaban J connectivity index is 1.58. The highest BCUT2D eigenvalue weighted by Gasteiger charge is 2.23. The van der Waals surface area contributed by atoms with Crippen LogP contribution in [-0.4, -0.2) is 50.8 Å². The molecule has 21 heavy (non-hydrogen) atoms. The molecule has 4 nitrogen and oxygen atoms in total. The van der Waals surface area contributed by atoms with Gasteiger partial charge in [-0.05, 0) is 43.0 Å². The van der Waals surface area contributed by atoms with E-state index in [2.05, 4.69) is 28.0 Å². The molecule has 2 aliphatic rings. The zero-order chi connectivity index (χ0) is 14.5. The Morgan fingerprint density at radius 3 is 2.62 bits per heavy atom. The highest BCUT2D eigenvalue weighted by molar-refractivity contribution is 5.50. The van der Waals surface area contributed by atoms with Crippen molar-refractivity contribution < 1.29 is 4.74 Å². The fourth-order valence-electron chi connectivity index (χ4n) is 3.34. The molecule has 4 heteroatoms. The van der Waals surface area contributed by atoms with Crippen molar-refractivity contribution in [3.8, 4) is 6.07 Å². The van der Waals surface area contributed by atoms with Gasteiger partial charge in [-0.2, -0.15) is 5.26 Å². The summed E-state index contributed by atoms with van der Waals surface area (Å²) in [6.45, 7) is 7.36. The van der Waals surface area contributed by atoms with E-state index in [0.717, 1.165) is 50.9 Å². The van der Waals surface area contributed by atoms with Gasteiger partial charge in [0, 0.05) is 38.4 Å². The van der Waals surface area contributed by atoms with Crippen LogP contribution < -0.4 is 4.90 Å². The predicted molar refractivity (Wildman–Crippen MR) is 83.4 cm³/mol. The van der Waals surface area contributed by atoms with Crippen LogP contribution in [0.3, 0.4) is 0 Å². The lowest BCUT2D eigenvalue weighted by molar-refractivity contribution is 0.0296. The maximum absolute atomic E-state index is 8.88. The second kappa shape index (κ2) is 6.93. The molecule has 0 bridgehead atoms. The van der Waals surface area contributed by atoms with Crippen molar-refractivity contribution in [1.29, 1.82) is 5.26 Å². The maximum atomic E-state index is 8.88. The Hall–Kier alpha value is -1.57. The number of nitriles is 1. The molecular formula is C17H23N3O. The Kier molecular flexibility index (Phi) is 4.74. The second-order valence-electron chi connectivity index (χ2n) is 6.03. The van der Waals surface area contributed by atoms with E-state index < -0.39 is 0 Å². The van der Waals surface area contributed by atoms with E-state index in [1.165, 1.54) is 25.1 Å². The molecule has 0 aromatic heterocycles. The van der Waals surface area contributed by atoms with Gasteiger partial charge in [0.05, 0.1) is 24.8 Å². The number of piperidine rings is 1. The minimum absolute atomic E-state index is 0.737.